The van der Waals surface area contributed by atoms with Gasteiger partial charge >= 0.3 is 35.2 Å². The molecule has 1 saturated heterocycles. The van der Waals surface area contributed by atoms with Gasteiger partial charge in [-0.1, -0.05) is 6.42 Å². The number of carbonyl (C=O) groups is 2. The number of hydrogen-bond acceptors (Lipinski definition) is 20. The van der Waals surface area contributed by atoms with Crippen LogP contribution in [-0.4, -0.2) is 126 Å². The molecule has 1 aromatic carbocycles. The molecule has 5 aromatic rings. The van der Waals surface area contributed by atoms with Crippen LogP contribution in [0.15, 0.2) is 70.7 Å². The highest BCUT2D eigenvalue weighted by Crippen LogP contribution is 2.66. The Balaban J connectivity index is 0.943. The molecule has 1 fully saturated rings. The Bertz CT molecular complexity index is 3010. The highest BCUT2D eigenvalue weighted by molar-refractivity contribution is 7.85. The summed E-state index contributed by atoms with van der Waals surface area (Å²) in [5.41, 5.74) is 7.70. The molecule has 2 amide bonds. The van der Waals surface area contributed by atoms with E-state index < -0.39 is 76.5 Å². The number of aliphatic hydroxyl groups excluding tert-OH is 1. The van der Waals surface area contributed by atoms with Crippen molar-refractivity contribution < 1.29 is 92.5 Å². The fraction of sp³-hybridized carbons (Fsp3) is 0.447. The van der Waals surface area contributed by atoms with E-state index in [2.05, 4.69) is 43.6 Å². The van der Waals surface area contributed by atoms with Gasteiger partial charge in [-0.15, -0.1) is 0 Å². The molecule has 5 heterocycles. The van der Waals surface area contributed by atoms with Crippen LogP contribution in [0.4, 0.5) is 16.3 Å². The molecule has 6 atom stereocenters. The SMILES string of the molecule is CCN(CCCCCC(=O)NCCNC(=O)O[C@H]1[C@@H](O)[C@H](n2cnc3c(N)ncnc32)O[C@@H]1COP(=O)(O)OP(=O)(O)OP(=O)(O)O)c1ccc2cc(-c3cc[n+](CCCS(=O)(=O)O)cc3)c(=O)oc2c1. The number of nitrogens with one attached hydrogen (secondary N) is 2. The fourth-order valence-corrected chi connectivity index (χ4v) is 10.8. The Hall–Kier alpha value is -5.29. The molecule has 388 valence electrons. The molecule has 0 radical (unpaired) electrons. The molecule has 71 heavy (non-hydrogen) atoms. The number of phosphoric ester groups is 1. The Morgan fingerprint density at radius 1 is 0.958 bits per heavy atom. The second-order valence-corrected chi connectivity index (χ2v) is 21.7. The van der Waals surface area contributed by atoms with Crippen molar-refractivity contribution in [3.05, 3.63) is 71.9 Å². The van der Waals surface area contributed by atoms with Crippen molar-refractivity contribution >= 4 is 79.2 Å². The first-order valence-corrected chi connectivity index (χ1v) is 27.6. The minimum atomic E-state index is -5.88. The summed E-state index contributed by atoms with van der Waals surface area (Å²) in [7, 11) is -21.3. The van der Waals surface area contributed by atoms with Gasteiger partial charge in [0.2, 0.25) is 5.91 Å². The predicted octanol–water partition coefficient (Wildman–Crippen LogP) is 1.65. The van der Waals surface area contributed by atoms with Gasteiger partial charge < -0.3 is 59.8 Å². The minimum absolute atomic E-state index is 0.0310. The number of fused-ring (bicyclic) bond motifs is 2. The van der Waals surface area contributed by atoms with E-state index in [0.29, 0.717) is 54.6 Å². The number of amides is 2. The van der Waals surface area contributed by atoms with Crippen LogP contribution in [0.25, 0.3) is 33.3 Å². The van der Waals surface area contributed by atoms with E-state index >= 15 is 0 Å². The zero-order valence-electron chi connectivity index (χ0n) is 37.5. The molecule has 29 nitrogen and oxygen atoms in total. The maximum atomic E-state index is 13.0. The summed E-state index contributed by atoms with van der Waals surface area (Å²) >= 11 is 0. The average molecular weight is 1080 g/mol. The van der Waals surface area contributed by atoms with Crippen LogP contribution in [0.5, 0.6) is 0 Å². The van der Waals surface area contributed by atoms with Gasteiger partial charge in [0.05, 0.1) is 24.3 Å². The number of ether oxygens (including phenoxy) is 2. The molecular formula is C38H51N9O20P3S+. The van der Waals surface area contributed by atoms with Crippen LogP contribution in [-0.2, 0) is 57.8 Å². The van der Waals surface area contributed by atoms with Gasteiger partial charge in [0.25, 0.3) is 10.1 Å². The average Bonchev–Trinajstić information content (AvgIpc) is 3.84. The number of nitrogens with zero attached hydrogens (tertiary/aromatic N) is 6. The van der Waals surface area contributed by atoms with Crippen molar-refractivity contribution in [2.24, 2.45) is 0 Å². The van der Waals surface area contributed by atoms with E-state index in [4.69, 9.17) is 34.0 Å². The predicted molar refractivity (Wildman–Crippen MR) is 246 cm³/mol. The van der Waals surface area contributed by atoms with Crippen LogP contribution in [0.1, 0.15) is 45.3 Å². The number of nitrogens with two attached hydrogens (primary N) is 1. The van der Waals surface area contributed by atoms with E-state index in [9.17, 15) is 51.4 Å². The third-order valence-corrected chi connectivity index (χ3v) is 15.2. The summed E-state index contributed by atoms with van der Waals surface area (Å²) in [6, 6.07) is 10.8. The normalized spacial score (nSPS) is 19.0. The molecule has 0 saturated carbocycles. The Morgan fingerprint density at radius 2 is 1.69 bits per heavy atom. The van der Waals surface area contributed by atoms with Crippen LogP contribution >= 0.6 is 23.5 Å². The summed E-state index contributed by atoms with van der Waals surface area (Å²) in [5.74, 6) is -0.691. The fourth-order valence-electron chi connectivity index (χ4n) is 7.32. The second kappa shape index (κ2) is 23.5. The van der Waals surface area contributed by atoms with E-state index in [1.807, 2.05) is 19.1 Å². The number of hydrogen-bond donors (Lipinski definition) is 9. The van der Waals surface area contributed by atoms with Crippen LogP contribution in [0, 0.1) is 0 Å². The van der Waals surface area contributed by atoms with Crippen LogP contribution in [0.3, 0.4) is 0 Å². The minimum Gasteiger partial charge on any atom is -0.440 e. The number of phosphoric acid groups is 3. The summed E-state index contributed by atoms with van der Waals surface area (Å²) < 4.78 is 98.1. The quantitative estimate of drug-likeness (QED) is 0.0132. The lowest BCUT2D eigenvalue weighted by atomic mass is 10.1. The van der Waals surface area contributed by atoms with Crippen molar-refractivity contribution in [1.82, 2.24) is 30.2 Å². The first-order chi connectivity index (χ1) is 33.4. The van der Waals surface area contributed by atoms with Gasteiger partial charge in [-0.3, -0.25) is 18.4 Å². The molecule has 0 bridgehead atoms. The van der Waals surface area contributed by atoms with Crippen LogP contribution < -0.4 is 31.5 Å². The monoisotopic (exact) mass is 1080 g/mol. The number of aryl methyl sites for hydroxylation is 1. The highest BCUT2D eigenvalue weighted by atomic mass is 32.2. The number of anilines is 2. The second-order valence-electron chi connectivity index (χ2n) is 15.7. The third kappa shape index (κ3) is 15.8. The van der Waals surface area contributed by atoms with Crippen molar-refractivity contribution in [2.75, 3.05) is 49.2 Å². The molecule has 1 aliphatic rings. The number of pyridine rings is 1. The summed E-state index contributed by atoms with van der Waals surface area (Å²) in [6.45, 7) is 2.36. The zero-order chi connectivity index (χ0) is 51.7. The molecule has 0 aliphatic carbocycles. The summed E-state index contributed by atoms with van der Waals surface area (Å²) in [4.78, 5) is 89.7. The number of rotatable bonds is 25. The van der Waals surface area contributed by atoms with E-state index in [1.165, 1.54) is 4.57 Å². The topological polar surface area (TPSA) is 418 Å². The molecule has 10 N–H and O–H groups in total. The number of benzene rings is 1. The zero-order valence-corrected chi connectivity index (χ0v) is 41.0. The smallest absolute Gasteiger partial charge is 0.440 e. The standard InChI is InChI=1S/C38H50N9O20P3S/c1-2-46(26-9-8-25-19-27(37(50)64-28(25)20-26)24-10-16-45(17-11-24)14-6-18-71(59,60)61)15-5-3-4-7-30(48)40-12-13-41-38(51)65-33-29(21-62-69(55,56)67-70(57,58)66-68(52,53)54)63-36(32(33)49)47-23-44-31-34(39)42-22-43-35(31)47/h8-11,16-17,19-20,22-23,29,32-33,36,49H,2-7,12-15,18,21H2,1H3,(H8-,39,40,41,42,43,48,51,52,53,54,55,56,57,58,59,60,61)/p+1/t29-,32-,33-,36-/m1/s1. The van der Waals surface area contributed by atoms with Gasteiger partial charge in [0.15, 0.2) is 36.2 Å². The molecule has 1 aliphatic heterocycles. The van der Waals surface area contributed by atoms with Crippen molar-refractivity contribution in [3.63, 3.8) is 0 Å². The Kier molecular flexibility index (Phi) is 18.2. The maximum Gasteiger partial charge on any atom is 0.490 e. The lowest BCUT2D eigenvalue weighted by Crippen LogP contribution is -2.42. The Morgan fingerprint density at radius 3 is 2.39 bits per heavy atom. The molecule has 0 spiro atoms. The molecule has 33 heteroatoms. The summed E-state index contributed by atoms with van der Waals surface area (Å²) in [5, 5.41) is 17.0. The third-order valence-electron chi connectivity index (χ3n) is 10.6. The lowest BCUT2D eigenvalue weighted by Gasteiger charge is -2.23. The number of nitrogen functional groups attached to an aromatic ring is 1. The molecule has 2 unspecified atom stereocenters. The number of alkyl carbamates (subject to hydrolysis) is 1. The van der Waals surface area contributed by atoms with Crippen LogP contribution in [0.2, 0.25) is 0 Å². The van der Waals surface area contributed by atoms with Gasteiger partial charge in [-0.05, 0) is 38.0 Å². The van der Waals surface area contributed by atoms with E-state index in [0.717, 1.165) is 24.8 Å². The number of aliphatic hydroxyl groups is 1. The molecular weight excluding hydrogens is 1030 g/mol. The Labute approximate surface area is 403 Å². The van der Waals surface area contributed by atoms with Crippen molar-refractivity contribution in [2.45, 2.75) is 70.1 Å². The van der Waals surface area contributed by atoms with Crippen molar-refractivity contribution in [1.29, 1.82) is 0 Å². The molecule has 6 rings (SSSR count). The van der Waals surface area contributed by atoms with E-state index in [-0.39, 0.29) is 54.6 Å². The van der Waals surface area contributed by atoms with Gasteiger partial charge in [0.1, 0.15) is 36.2 Å². The number of imidazole rings is 1. The summed E-state index contributed by atoms with van der Waals surface area (Å²) in [6.07, 6.45) is 0.345. The van der Waals surface area contributed by atoms with Gasteiger partial charge in [-0.2, -0.15) is 17.0 Å². The van der Waals surface area contributed by atoms with Gasteiger partial charge in [-0.25, -0.2) is 42.8 Å². The van der Waals surface area contributed by atoms with E-state index in [1.54, 1.807) is 41.2 Å². The highest BCUT2D eigenvalue weighted by Gasteiger charge is 2.50. The molecule has 4 aromatic heterocycles. The number of carbonyl (C=O) groups excluding carboxylic acids is 2. The maximum absolute atomic E-state index is 13.0. The first kappa shape index (κ1) is 55.0. The number of unbranched alkanes of at least 4 members (excludes halogenated alkanes) is 2. The largest absolute Gasteiger partial charge is 0.490 e. The lowest BCUT2D eigenvalue weighted by molar-refractivity contribution is -0.696. The first-order valence-electron chi connectivity index (χ1n) is 21.4. The van der Waals surface area contributed by atoms with Gasteiger partial charge in [0, 0.05) is 73.9 Å². The van der Waals surface area contributed by atoms with Crippen molar-refractivity contribution in [3.8, 4) is 11.1 Å². The number of aromatic nitrogens is 5.